The van der Waals surface area contributed by atoms with Crippen molar-refractivity contribution in [1.82, 2.24) is 9.62 Å². The van der Waals surface area contributed by atoms with Gasteiger partial charge in [-0.3, -0.25) is 4.79 Å². The number of benzene rings is 3. The van der Waals surface area contributed by atoms with Gasteiger partial charge in [0.05, 0.1) is 19.2 Å². The summed E-state index contributed by atoms with van der Waals surface area (Å²) in [5.74, 6) is -0.246. The van der Waals surface area contributed by atoms with Gasteiger partial charge in [0.1, 0.15) is 10.6 Å². The van der Waals surface area contributed by atoms with E-state index in [1.165, 1.54) is 19.2 Å². The third-order valence-electron chi connectivity index (χ3n) is 4.83. The van der Waals surface area contributed by atoms with Crippen molar-refractivity contribution >= 4 is 27.5 Å². The Morgan fingerprint density at radius 2 is 1.56 bits per heavy atom. The van der Waals surface area contributed by atoms with Gasteiger partial charge in [-0.15, -0.1) is 0 Å². The maximum absolute atomic E-state index is 13.1. The predicted octanol–water partition coefficient (Wildman–Crippen LogP) is 4.27. The van der Waals surface area contributed by atoms with E-state index in [0.717, 1.165) is 15.4 Å². The minimum Gasteiger partial charge on any atom is -0.492 e. The van der Waals surface area contributed by atoms with Gasteiger partial charge in [0.15, 0.2) is 0 Å². The molecular weight excluding hydrogens is 448 g/mol. The molecule has 8 heteroatoms. The maximum atomic E-state index is 13.1. The van der Waals surface area contributed by atoms with Gasteiger partial charge in [0, 0.05) is 12.1 Å². The molecule has 32 heavy (non-hydrogen) atoms. The topological polar surface area (TPSA) is 75.7 Å². The Morgan fingerprint density at radius 1 is 1.00 bits per heavy atom. The Bertz CT molecular complexity index is 1120. The van der Waals surface area contributed by atoms with E-state index in [2.05, 4.69) is 5.32 Å². The number of nitrogens with zero attached hydrogens (tertiary/aromatic N) is 1. The number of amides is 1. The SMILES string of the molecule is CCOc1ccc(Cl)cc1S(=O)(=O)N(C)CC(=O)NC(c1ccccc1)c1ccccc1. The molecule has 0 aliphatic carbocycles. The molecule has 1 amide bonds. The molecule has 0 heterocycles. The van der Waals surface area contributed by atoms with Gasteiger partial charge in [-0.2, -0.15) is 4.31 Å². The highest BCUT2D eigenvalue weighted by Gasteiger charge is 2.28. The molecule has 3 aromatic carbocycles. The first-order valence-electron chi connectivity index (χ1n) is 10.1. The van der Waals surface area contributed by atoms with Crippen molar-refractivity contribution in [2.75, 3.05) is 20.2 Å². The fourth-order valence-electron chi connectivity index (χ4n) is 3.27. The van der Waals surface area contributed by atoms with Gasteiger partial charge < -0.3 is 10.1 Å². The summed E-state index contributed by atoms with van der Waals surface area (Å²) in [6.45, 7) is 1.69. The molecule has 0 radical (unpaired) electrons. The Balaban J connectivity index is 1.82. The lowest BCUT2D eigenvalue weighted by Crippen LogP contribution is -2.40. The standard InChI is InChI=1S/C24H25ClN2O4S/c1-3-31-21-15-14-20(25)16-22(21)32(29,30)27(2)17-23(28)26-24(18-10-6-4-7-11-18)19-12-8-5-9-13-19/h4-16,24H,3,17H2,1-2H3,(H,26,28). The second kappa shape index (κ2) is 10.6. The number of likely N-dealkylation sites (N-methyl/N-ethyl adjacent to an activating group) is 1. The van der Waals surface area contributed by atoms with Gasteiger partial charge in [0.25, 0.3) is 0 Å². The van der Waals surface area contributed by atoms with Crippen molar-refractivity contribution in [3.05, 3.63) is 95.0 Å². The van der Waals surface area contributed by atoms with Gasteiger partial charge in [-0.05, 0) is 36.2 Å². The average molecular weight is 473 g/mol. The molecule has 0 bridgehead atoms. The first kappa shape index (κ1) is 23.8. The van der Waals surface area contributed by atoms with Gasteiger partial charge in [0.2, 0.25) is 15.9 Å². The zero-order valence-corrected chi connectivity index (χ0v) is 19.4. The zero-order chi connectivity index (χ0) is 23.1. The Labute approximate surface area is 193 Å². The number of ether oxygens (including phenoxy) is 1. The Kier molecular flexibility index (Phi) is 7.90. The van der Waals surface area contributed by atoms with Gasteiger partial charge >= 0.3 is 0 Å². The van der Waals surface area contributed by atoms with E-state index in [0.29, 0.717) is 6.61 Å². The summed E-state index contributed by atoms with van der Waals surface area (Å²) in [7, 11) is -2.66. The number of hydrogen-bond acceptors (Lipinski definition) is 4. The highest BCUT2D eigenvalue weighted by Crippen LogP contribution is 2.29. The van der Waals surface area contributed by atoms with Crippen LogP contribution in [0.15, 0.2) is 83.8 Å². The van der Waals surface area contributed by atoms with E-state index in [4.69, 9.17) is 16.3 Å². The lowest BCUT2D eigenvalue weighted by Gasteiger charge is -2.23. The maximum Gasteiger partial charge on any atom is 0.247 e. The van der Waals surface area contributed by atoms with Crippen molar-refractivity contribution in [3.8, 4) is 5.75 Å². The van der Waals surface area contributed by atoms with Crippen LogP contribution < -0.4 is 10.1 Å². The number of sulfonamides is 1. The number of carbonyl (C=O) groups is 1. The normalized spacial score (nSPS) is 11.5. The molecule has 0 aliphatic rings. The number of nitrogens with one attached hydrogen (secondary N) is 1. The van der Waals surface area contributed by atoms with E-state index in [1.807, 2.05) is 60.7 Å². The third kappa shape index (κ3) is 5.68. The van der Waals surface area contributed by atoms with Crippen LogP contribution in [0.3, 0.4) is 0 Å². The molecule has 0 saturated heterocycles. The summed E-state index contributed by atoms with van der Waals surface area (Å²) in [4.78, 5) is 12.8. The molecular formula is C24H25ClN2O4S. The van der Waals surface area contributed by atoms with Gasteiger partial charge in [-0.25, -0.2) is 8.42 Å². The van der Waals surface area contributed by atoms with Crippen LogP contribution in [-0.2, 0) is 14.8 Å². The fraction of sp³-hybridized carbons (Fsp3) is 0.208. The highest BCUT2D eigenvalue weighted by molar-refractivity contribution is 7.89. The number of rotatable bonds is 9. The van der Waals surface area contributed by atoms with Crippen LogP contribution in [-0.4, -0.2) is 38.8 Å². The fourth-order valence-corrected chi connectivity index (χ4v) is 4.79. The molecule has 0 fully saturated rings. The smallest absolute Gasteiger partial charge is 0.247 e. The molecule has 3 aromatic rings. The summed E-state index contributed by atoms with van der Waals surface area (Å²) in [6, 6.07) is 23.0. The van der Waals surface area contributed by atoms with E-state index in [9.17, 15) is 13.2 Å². The molecule has 0 aliphatic heterocycles. The molecule has 0 unspecified atom stereocenters. The number of carbonyl (C=O) groups excluding carboxylic acids is 1. The first-order chi connectivity index (χ1) is 15.3. The lowest BCUT2D eigenvalue weighted by molar-refractivity contribution is -0.121. The molecule has 3 rings (SSSR count). The van der Waals surface area contributed by atoms with E-state index >= 15 is 0 Å². The van der Waals surface area contributed by atoms with Crippen LogP contribution >= 0.6 is 11.6 Å². The number of halogens is 1. The summed E-state index contributed by atoms with van der Waals surface area (Å²) in [6.07, 6.45) is 0. The van der Waals surface area contributed by atoms with Gasteiger partial charge in [-0.1, -0.05) is 72.3 Å². The largest absolute Gasteiger partial charge is 0.492 e. The highest BCUT2D eigenvalue weighted by atomic mass is 35.5. The van der Waals surface area contributed by atoms with Crippen LogP contribution in [0.5, 0.6) is 5.75 Å². The Morgan fingerprint density at radius 3 is 2.09 bits per heavy atom. The van der Waals surface area contributed by atoms with Crippen LogP contribution in [0.2, 0.25) is 5.02 Å². The molecule has 6 nitrogen and oxygen atoms in total. The third-order valence-corrected chi connectivity index (χ3v) is 6.89. The van der Waals surface area contributed by atoms with Crippen molar-refractivity contribution in [2.24, 2.45) is 0 Å². The summed E-state index contributed by atoms with van der Waals surface area (Å²) >= 11 is 6.02. The Hall–Kier alpha value is -2.87. The molecule has 1 N–H and O–H groups in total. The minimum atomic E-state index is -4.01. The second-order valence-electron chi connectivity index (χ2n) is 7.11. The first-order valence-corrected chi connectivity index (χ1v) is 11.9. The minimum absolute atomic E-state index is 0.0789. The van der Waals surface area contributed by atoms with E-state index in [1.54, 1.807) is 13.0 Å². The zero-order valence-electron chi connectivity index (χ0n) is 17.9. The molecule has 0 atom stereocenters. The lowest BCUT2D eigenvalue weighted by atomic mass is 9.99. The summed E-state index contributed by atoms with van der Waals surface area (Å²) < 4.78 is 32.7. The van der Waals surface area contributed by atoms with Crippen molar-refractivity contribution in [2.45, 2.75) is 17.9 Å². The van der Waals surface area contributed by atoms with Crippen molar-refractivity contribution < 1.29 is 17.9 Å². The monoisotopic (exact) mass is 472 g/mol. The molecule has 168 valence electrons. The van der Waals surface area contributed by atoms with Crippen LogP contribution in [0.1, 0.15) is 24.1 Å². The van der Waals surface area contributed by atoms with E-state index in [-0.39, 0.29) is 22.2 Å². The number of hydrogen-bond donors (Lipinski definition) is 1. The molecule has 0 aromatic heterocycles. The van der Waals surface area contributed by atoms with Crippen molar-refractivity contribution in [1.29, 1.82) is 0 Å². The van der Waals surface area contributed by atoms with E-state index < -0.39 is 22.0 Å². The quantitative estimate of drug-likeness (QED) is 0.504. The van der Waals surface area contributed by atoms with Crippen LogP contribution in [0.25, 0.3) is 0 Å². The second-order valence-corrected chi connectivity index (χ2v) is 9.56. The predicted molar refractivity (Wildman–Crippen MR) is 125 cm³/mol. The van der Waals surface area contributed by atoms with Crippen molar-refractivity contribution in [3.63, 3.8) is 0 Å². The summed E-state index contributed by atoms with van der Waals surface area (Å²) in [5.41, 5.74) is 1.79. The molecule has 0 saturated carbocycles. The van der Waals surface area contributed by atoms with Crippen LogP contribution in [0.4, 0.5) is 0 Å². The molecule has 0 spiro atoms. The summed E-state index contributed by atoms with van der Waals surface area (Å²) in [5, 5.41) is 3.21. The van der Waals surface area contributed by atoms with Crippen LogP contribution in [0, 0.1) is 0 Å². The average Bonchev–Trinajstić information content (AvgIpc) is 2.80.